The van der Waals surface area contributed by atoms with Crippen molar-refractivity contribution in [3.8, 4) is 0 Å². The molecule has 2 rings (SSSR count). The van der Waals surface area contributed by atoms with E-state index in [4.69, 9.17) is 0 Å². The van der Waals surface area contributed by atoms with E-state index in [9.17, 15) is 4.79 Å². The third kappa shape index (κ3) is 3.27. The second kappa shape index (κ2) is 6.25. The van der Waals surface area contributed by atoms with Crippen LogP contribution < -0.4 is 4.90 Å². The van der Waals surface area contributed by atoms with Gasteiger partial charge in [-0.05, 0) is 5.56 Å². The fourth-order valence-electron chi connectivity index (χ4n) is 2.19. The van der Waals surface area contributed by atoms with Crippen molar-refractivity contribution < 1.29 is 9.69 Å². The Hall–Kier alpha value is -1.00. The molecule has 98 valence electrons. The van der Waals surface area contributed by atoms with Crippen LogP contribution in [0, 0.1) is 0 Å². The maximum Gasteiger partial charge on any atom is 0.233 e. The molecule has 0 aliphatic carbocycles. The van der Waals surface area contributed by atoms with Crippen LogP contribution in [0.3, 0.4) is 0 Å². The summed E-state index contributed by atoms with van der Waals surface area (Å²) >= 11 is 1.74. The minimum atomic E-state index is 0.218. The van der Waals surface area contributed by atoms with E-state index in [0.29, 0.717) is 5.75 Å². The van der Waals surface area contributed by atoms with Crippen molar-refractivity contribution in [1.82, 2.24) is 4.90 Å². The topological polar surface area (TPSA) is 24.8 Å². The number of nitrogens with one attached hydrogen (secondary N) is 1. The molecule has 1 aromatic carbocycles. The van der Waals surface area contributed by atoms with Gasteiger partial charge in [-0.15, -0.1) is 11.8 Å². The van der Waals surface area contributed by atoms with Crippen molar-refractivity contribution in [2.24, 2.45) is 0 Å². The normalized spacial score (nSPS) is 19.8. The number of carbonyl (C=O) groups excluding carboxylic acids is 1. The van der Waals surface area contributed by atoms with Gasteiger partial charge < -0.3 is 9.80 Å². The van der Waals surface area contributed by atoms with Gasteiger partial charge >= 0.3 is 0 Å². The third-order valence-electron chi connectivity index (χ3n) is 3.13. The average molecular weight is 265 g/mol. The summed E-state index contributed by atoms with van der Waals surface area (Å²) in [5.41, 5.74) is 1.24. The van der Waals surface area contributed by atoms with Crippen molar-refractivity contribution in [3.63, 3.8) is 0 Å². The molecule has 1 aromatic rings. The number of amides is 1. The molecule has 0 radical (unpaired) electrons. The van der Waals surface area contributed by atoms with Gasteiger partial charge in [-0.25, -0.2) is 0 Å². The summed E-state index contributed by atoms with van der Waals surface area (Å²) in [7, 11) is 4.30. The predicted molar refractivity (Wildman–Crippen MR) is 75.6 cm³/mol. The number of hydrogen-bond acceptors (Lipinski definition) is 2. The Morgan fingerprint density at radius 1 is 1.33 bits per heavy atom. The van der Waals surface area contributed by atoms with Crippen molar-refractivity contribution in [3.05, 3.63) is 35.9 Å². The fourth-order valence-corrected chi connectivity index (χ4v) is 3.41. The van der Waals surface area contributed by atoms with Crippen LogP contribution in [0.5, 0.6) is 0 Å². The van der Waals surface area contributed by atoms with E-state index in [2.05, 4.69) is 26.2 Å². The lowest BCUT2D eigenvalue weighted by molar-refractivity contribution is -0.858. The van der Waals surface area contributed by atoms with Crippen molar-refractivity contribution >= 4 is 17.7 Å². The van der Waals surface area contributed by atoms with Crippen LogP contribution in [0.15, 0.2) is 30.3 Å². The van der Waals surface area contributed by atoms with Crippen LogP contribution in [0.4, 0.5) is 0 Å². The Kier molecular flexibility index (Phi) is 4.66. The second-order valence-corrected chi connectivity index (χ2v) is 6.04. The molecule has 1 fully saturated rings. The molecule has 1 saturated heterocycles. The van der Waals surface area contributed by atoms with Gasteiger partial charge in [0.15, 0.2) is 0 Å². The van der Waals surface area contributed by atoms with Gasteiger partial charge in [0, 0.05) is 13.0 Å². The van der Waals surface area contributed by atoms with Crippen LogP contribution in [-0.2, 0) is 4.79 Å². The third-order valence-corrected chi connectivity index (χ3v) is 4.38. The summed E-state index contributed by atoms with van der Waals surface area (Å²) in [6.07, 6.45) is 1.07. The van der Waals surface area contributed by atoms with E-state index >= 15 is 0 Å². The molecule has 1 aliphatic heterocycles. The zero-order valence-corrected chi connectivity index (χ0v) is 11.9. The van der Waals surface area contributed by atoms with Crippen LogP contribution in [0.2, 0.25) is 0 Å². The van der Waals surface area contributed by atoms with Gasteiger partial charge in [-0.2, -0.15) is 0 Å². The lowest BCUT2D eigenvalue weighted by atomic mass is 10.2. The zero-order chi connectivity index (χ0) is 13.0. The standard InChI is InChI=1S/C14H20N2OS/c1-15(2)9-6-10-16-13(17)11-18-14(16)12-7-4-3-5-8-12/h3-5,7-8,14H,6,9-11H2,1-2H3/p+1/t14-/m1/s1. The molecule has 1 aliphatic rings. The Bertz CT molecular complexity index is 394. The van der Waals surface area contributed by atoms with Crippen LogP contribution in [0.1, 0.15) is 17.4 Å². The summed E-state index contributed by atoms with van der Waals surface area (Å²) in [5.74, 6) is 0.900. The van der Waals surface area contributed by atoms with Gasteiger partial charge in [0.25, 0.3) is 0 Å². The van der Waals surface area contributed by atoms with Gasteiger partial charge in [0.2, 0.25) is 5.91 Å². The molecule has 0 saturated carbocycles. The number of thioether (sulfide) groups is 1. The van der Waals surface area contributed by atoms with E-state index in [0.717, 1.165) is 19.5 Å². The highest BCUT2D eigenvalue weighted by Crippen LogP contribution is 2.38. The van der Waals surface area contributed by atoms with Crippen LogP contribution >= 0.6 is 11.8 Å². The first-order valence-corrected chi connectivity index (χ1v) is 7.48. The summed E-state index contributed by atoms with van der Waals surface area (Å²) in [5, 5.41) is 0.218. The lowest BCUT2D eigenvalue weighted by Gasteiger charge is -2.24. The molecule has 1 heterocycles. The summed E-state index contributed by atoms with van der Waals surface area (Å²) < 4.78 is 0. The monoisotopic (exact) mass is 265 g/mol. The highest BCUT2D eigenvalue weighted by atomic mass is 32.2. The molecule has 3 nitrogen and oxygen atoms in total. The number of rotatable bonds is 5. The average Bonchev–Trinajstić information content (AvgIpc) is 2.72. The van der Waals surface area contributed by atoms with Crippen molar-refractivity contribution in [2.75, 3.05) is 32.9 Å². The number of nitrogens with zero attached hydrogens (tertiary/aromatic N) is 1. The minimum absolute atomic E-state index is 0.218. The maximum absolute atomic E-state index is 11.9. The molecule has 18 heavy (non-hydrogen) atoms. The number of carbonyl (C=O) groups is 1. The van der Waals surface area contributed by atoms with Crippen LogP contribution in [-0.4, -0.2) is 43.7 Å². The summed E-state index contributed by atoms with van der Waals surface area (Å²) in [4.78, 5) is 15.4. The maximum atomic E-state index is 11.9. The van der Waals surface area contributed by atoms with E-state index in [-0.39, 0.29) is 11.3 Å². The molecule has 1 N–H and O–H groups in total. The molecule has 0 aromatic heterocycles. The molecule has 1 amide bonds. The number of benzene rings is 1. The first-order valence-electron chi connectivity index (χ1n) is 6.43. The predicted octanol–water partition coefficient (Wildman–Crippen LogP) is 0.795. The first kappa shape index (κ1) is 13.4. The molecule has 0 spiro atoms. The van der Waals surface area contributed by atoms with E-state index in [1.807, 2.05) is 23.1 Å². The molecule has 0 bridgehead atoms. The van der Waals surface area contributed by atoms with Crippen LogP contribution in [0.25, 0.3) is 0 Å². The minimum Gasteiger partial charge on any atom is -0.340 e. The van der Waals surface area contributed by atoms with Gasteiger partial charge in [0.05, 0.1) is 26.4 Å². The van der Waals surface area contributed by atoms with E-state index in [1.165, 1.54) is 10.5 Å². The second-order valence-electron chi connectivity index (χ2n) is 4.97. The van der Waals surface area contributed by atoms with E-state index < -0.39 is 0 Å². The van der Waals surface area contributed by atoms with Crippen molar-refractivity contribution in [1.29, 1.82) is 0 Å². The Morgan fingerprint density at radius 2 is 2.06 bits per heavy atom. The van der Waals surface area contributed by atoms with E-state index in [1.54, 1.807) is 11.8 Å². The molecule has 0 unspecified atom stereocenters. The molecular weight excluding hydrogens is 244 g/mol. The SMILES string of the molecule is C[NH+](C)CCCN1C(=O)CS[C@@H]1c1ccccc1. The molecule has 4 heteroatoms. The first-order chi connectivity index (χ1) is 8.68. The summed E-state index contributed by atoms with van der Waals surface area (Å²) in [6.45, 7) is 1.98. The quantitative estimate of drug-likeness (QED) is 0.851. The Morgan fingerprint density at radius 3 is 2.72 bits per heavy atom. The zero-order valence-electron chi connectivity index (χ0n) is 11.1. The lowest BCUT2D eigenvalue weighted by Crippen LogP contribution is -3.05. The van der Waals surface area contributed by atoms with Gasteiger partial charge in [-0.1, -0.05) is 30.3 Å². The van der Waals surface area contributed by atoms with Gasteiger partial charge in [-0.3, -0.25) is 4.79 Å². The smallest absolute Gasteiger partial charge is 0.233 e. The number of quaternary nitrogens is 1. The fraction of sp³-hybridized carbons (Fsp3) is 0.500. The van der Waals surface area contributed by atoms with Crippen molar-refractivity contribution in [2.45, 2.75) is 11.8 Å². The highest BCUT2D eigenvalue weighted by Gasteiger charge is 2.32. The summed E-state index contributed by atoms with van der Waals surface area (Å²) in [6, 6.07) is 10.3. The highest BCUT2D eigenvalue weighted by molar-refractivity contribution is 8.00. The largest absolute Gasteiger partial charge is 0.340 e. The Balaban J connectivity index is 1.99. The Labute approximate surface area is 113 Å². The van der Waals surface area contributed by atoms with Gasteiger partial charge in [0.1, 0.15) is 5.37 Å². The molecule has 1 atom stereocenters. The molecular formula is C14H21N2OS+. The number of hydrogen-bond donors (Lipinski definition) is 1.